The molecular formula is C17H16O5. The second-order valence-corrected chi connectivity index (χ2v) is 5.65. The number of fused-ring (bicyclic) bond motifs is 2. The molecule has 0 saturated heterocycles. The van der Waals surface area contributed by atoms with Crippen LogP contribution in [0.15, 0.2) is 36.4 Å². The average Bonchev–Trinajstić information content (AvgIpc) is 2.95. The Balaban J connectivity index is 1.90. The molecule has 2 aromatic carbocycles. The molecule has 5 nitrogen and oxygen atoms in total. The third-order valence-electron chi connectivity index (χ3n) is 4.34. The lowest BCUT2D eigenvalue weighted by atomic mass is 9.78. The van der Waals surface area contributed by atoms with E-state index in [2.05, 4.69) is 0 Å². The van der Waals surface area contributed by atoms with Crippen LogP contribution in [0, 0.1) is 5.92 Å². The van der Waals surface area contributed by atoms with Crippen molar-refractivity contribution in [2.45, 2.75) is 19.1 Å². The Kier molecular flexibility index (Phi) is 2.90. The van der Waals surface area contributed by atoms with Crippen LogP contribution in [0.3, 0.4) is 0 Å². The number of phenolic OH excluding ortho intramolecular Hbond substituents is 1. The van der Waals surface area contributed by atoms with Crippen LogP contribution in [0.4, 0.5) is 0 Å². The molecule has 2 heterocycles. The predicted molar refractivity (Wildman–Crippen MR) is 78.3 cm³/mol. The molecule has 114 valence electrons. The summed E-state index contributed by atoms with van der Waals surface area (Å²) in [6.45, 7) is 2.08. The van der Waals surface area contributed by atoms with E-state index in [1.807, 2.05) is 25.1 Å². The monoisotopic (exact) mass is 300 g/mol. The summed E-state index contributed by atoms with van der Waals surface area (Å²) in [7, 11) is 0. The summed E-state index contributed by atoms with van der Waals surface area (Å²) in [6.07, 6.45) is -0.947. The van der Waals surface area contributed by atoms with Gasteiger partial charge in [-0.3, -0.25) is 0 Å². The molecule has 3 atom stereocenters. The van der Waals surface area contributed by atoms with Crippen LogP contribution in [0.1, 0.15) is 24.0 Å². The summed E-state index contributed by atoms with van der Waals surface area (Å²) >= 11 is 0. The normalized spacial score (nSPS) is 25.5. The van der Waals surface area contributed by atoms with Gasteiger partial charge in [-0.2, -0.15) is 0 Å². The lowest BCUT2D eigenvalue weighted by molar-refractivity contribution is -0.0730. The van der Waals surface area contributed by atoms with Gasteiger partial charge < -0.3 is 24.4 Å². The highest BCUT2D eigenvalue weighted by Crippen LogP contribution is 2.50. The van der Waals surface area contributed by atoms with Crippen molar-refractivity contribution in [3.8, 4) is 23.0 Å². The van der Waals surface area contributed by atoms with Gasteiger partial charge >= 0.3 is 0 Å². The van der Waals surface area contributed by atoms with Crippen LogP contribution in [0.25, 0.3) is 0 Å². The van der Waals surface area contributed by atoms with Crippen molar-refractivity contribution in [1.82, 2.24) is 0 Å². The maximum Gasteiger partial charge on any atom is 0.231 e. The largest absolute Gasteiger partial charge is 0.508 e. The van der Waals surface area contributed by atoms with Gasteiger partial charge in [0.25, 0.3) is 0 Å². The summed E-state index contributed by atoms with van der Waals surface area (Å²) in [5.41, 5.74) is 1.64. The Bertz CT molecular complexity index is 727. The Morgan fingerprint density at radius 3 is 2.50 bits per heavy atom. The van der Waals surface area contributed by atoms with E-state index in [1.165, 1.54) is 0 Å². The van der Waals surface area contributed by atoms with Gasteiger partial charge in [-0.25, -0.2) is 0 Å². The zero-order valence-corrected chi connectivity index (χ0v) is 12.0. The first-order valence-corrected chi connectivity index (χ1v) is 7.21. The van der Waals surface area contributed by atoms with E-state index in [0.717, 1.165) is 11.1 Å². The van der Waals surface area contributed by atoms with Crippen LogP contribution in [0.5, 0.6) is 23.0 Å². The highest BCUT2D eigenvalue weighted by atomic mass is 16.7. The molecule has 0 saturated carbocycles. The Hall–Kier alpha value is -2.40. The first-order chi connectivity index (χ1) is 10.6. The smallest absolute Gasteiger partial charge is 0.231 e. The molecule has 2 aromatic rings. The Labute approximate surface area is 127 Å². The fourth-order valence-electron chi connectivity index (χ4n) is 3.17. The molecule has 0 amide bonds. The summed E-state index contributed by atoms with van der Waals surface area (Å²) in [6, 6.07) is 10.8. The molecule has 0 aliphatic carbocycles. The van der Waals surface area contributed by atoms with Crippen molar-refractivity contribution < 1.29 is 24.4 Å². The quantitative estimate of drug-likeness (QED) is 0.847. The number of benzene rings is 2. The lowest BCUT2D eigenvalue weighted by Gasteiger charge is -2.35. The second-order valence-electron chi connectivity index (χ2n) is 5.65. The Morgan fingerprint density at radius 1 is 1.00 bits per heavy atom. The molecule has 0 radical (unpaired) electrons. The maximum absolute atomic E-state index is 10.2. The molecule has 0 aromatic heterocycles. The van der Waals surface area contributed by atoms with E-state index >= 15 is 0 Å². The topological polar surface area (TPSA) is 68.2 Å². The van der Waals surface area contributed by atoms with Crippen molar-refractivity contribution in [1.29, 1.82) is 0 Å². The number of phenols is 1. The van der Waals surface area contributed by atoms with Crippen molar-refractivity contribution in [3.05, 3.63) is 47.5 Å². The molecule has 2 aliphatic heterocycles. The van der Waals surface area contributed by atoms with Crippen molar-refractivity contribution >= 4 is 0 Å². The van der Waals surface area contributed by atoms with Crippen molar-refractivity contribution in [2.75, 3.05) is 6.79 Å². The molecule has 0 fully saturated rings. The molecule has 0 unspecified atom stereocenters. The number of aliphatic hydroxyl groups excluding tert-OH is 1. The fraction of sp³-hybridized carbons (Fsp3) is 0.294. The molecule has 4 rings (SSSR count). The zero-order chi connectivity index (χ0) is 15.3. The summed E-state index contributed by atoms with van der Waals surface area (Å²) < 4.78 is 16.4. The zero-order valence-electron chi connectivity index (χ0n) is 12.0. The lowest BCUT2D eigenvalue weighted by Crippen LogP contribution is -2.34. The Morgan fingerprint density at radius 2 is 1.73 bits per heavy atom. The maximum atomic E-state index is 10.2. The number of rotatable bonds is 1. The minimum atomic E-state index is -0.947. The number of ether oxygens (including phenoxy) is 3. The van der Waals surface area contributed by atoms with Crippen LogP contribution in [-0.4, -0.2) is 23.3 Å². The minimum absolute atomic E-state index is 0.178. The van der Waals surface area contributed by atoms with Gasteiger partial charge in [0, 0.05) is 29.0 Å². The molecule has 0 bridgehead atoms. The molecule has 5 heteroatoms. The van der Waals surface area contributed by atoms with Gasteiger partial charge in [-0.05, 0) is 12.1 Å². The highest BCUT2D eigenvalue weighted by molar-refractivity contribution is 5.57. The standard InChI is InChI=1S/C17H16O5/c1-9-16(10-4-2-3-5-12(10)18)11-6-14-15(21-8-20-14)7-13(11)22-17(9)19/h2-7,9,16-19H,8H2,1H3/t9-,16+,17+/m0/s1. The SMILES string of the molecule is C[C@H]1[C@H](c2ccccc2O)c2cc3c(cc2O[C@H]1O)OCO3. The molecular weight excluding hydrogens is 284 g/mol. The number of hydrogen-bond donors (Lipinski definition) is 2. The van der Waals surface area contributed by atoms with Gasteiger partial charge in [0.1, 0.15) is 11.5 Å². The van der Waals surface area contributed by atoms with Crippen molar-refractivity contribution in [3.63, 3.8) is 0 Å². The third kappa shape index (κ3) is 1.89. The predicted octanol–water partition coefficient (Wildman–Crippen LogP) is 2.60. The van der Waals surface area contributed by atoms with E-state index in [1.54, 1.807) is 18.2 Å². The van der Waals surface area contributed by atoms with Crippen LogP contribution in [-0.2, 0) is 0 Å². The fourth-order valence-corrected chi connectivity index (χ4v) is 3.17. The van der Waals surface area contributed by atoms with Gasteiger partial charge in [0.05, 0.1) is 0 Å². The first kappa shape index (κ1) is 13.3. The highest BCUT2D eigenvalue weighted by Gasteiger charge is 2.38. The van der Waals surface area contributed by atoms with Crippen molar-refractivity contribution in [2.24, 2.45) is 5.92 Å². The number of para-hydroxylation sites is 1. The molecule has 0 spiro atoms. The van der Waals surface area contributed by atoms with E-state index < -0.39 is 6.29 Å². The van der Waals surface area contributed by atoms with Crippen LogP contribution < -0.4 is 14.2 Å². The van der Waals surface area contributed by atoms with E-state index in [9.17, 15) is 10.2 Å². The second kappa shape index (κ2) is 4.81. The van der Waals surface area contributed by atoms with Crippen LogP contribution in [0.2, 0.25) is 0 Å². The molecule has 22 heavy (non-hydrogen) atoms. The summed E-state index contributed by atoms with van der Waals surface area (Å²) in [5.74, 6) is 1.64. The van der Waals surface area contributed by atoms with Gasteiger partial charge in [0.15, 0.2) is 11.5 Å². The van der Waals surface area contributed by atoms with Gasteiger partial charge in [-0.15, -0.1) is 0 Å². The third-order valence-corrected chi connectivity index (χ3v) is 4.34. The molecule has 2 N–H and O–H groups in total. The van der Waals surface area contributed by atoms with E-state index in [4.69, 9.17) is 14.2 Å². The first-order valence-electron chi connectivity index (χ1n) is 7.21. The van der Waals surface area contributed by atoms with Gasteiger partial charge in [0.2, 0.25) is 13.1 Å². The van der Waals surface area contributed by atoms with Crippen LogP contribution >= 0.6 is 0 Å². The van der Waals surface area contributed by atoms with E-state index in [0.29, 0.717) is 17.2 Å². The average molecular weight is 300 g/mol. The molecule has 2 aliphatic rings. The number of aliphatic hydroxyl groups is 1. The number of hydrogen-bond acceptors (Lipinski definition) is 5. The summed E-state index contributed by atoms with van der Waals surface area (Å²) in [4.78, 5) is 0. The van der Waals surface area contributed by atoms with E-state index in [-0.39, 0.29) is 24.4 Å². The van der Waals surface area contributed by atoms with Gasteiger partial charge in [-0.1, -0.05) is 25.1 Å². The summed E-state index contributed by atoms with van der Waals surface area (Å²) in [5, 5.41) is 20.4. The minimum Gasteiger partial charge on any atom is -0.508 e. The number of aromatic hydroxyl groups is 1.